The lowest BCUT2D eigenvalue weighted by Gasteiger charge is -2.31. The number of ether oxygens (including phenoxy) is 1. The molecule has 0 saturated heterocycles. The van der Waals surface area contributed by atoms with Gasteiger partial charge in [0.05, 0.1) is 7.11 Å². The first-order valence-corrected chi connectivity index (χ1v) is 10.3. The fraction of sp³-hybridized carbons (Fsp3) is 0.417. The molecule has 0 heterocycles. The maximum Gasteiger partial charge on any atom is 0.243 e. The predicted octanol–water partition coefficient (Wildman–Crippen LogP) is 3.96. The fourth-order valence-electron chi connectivity index (χ4n) is 3.21. The molecule has 0 aromatic heterocycles. The van der Waals surface area contributed by atoms with Gasteiger partial charge in [0.25, 0.3) is 0 Å². The Morgan fingerprint density at radius 1 is 0.966 bits per heavy atom. The molecule has 0 saturated carbocycles. The third-order valence-electron chi connectivity index (χ3n) is 4.80. The second-order valence-electron chi connectivity index (χ2n) is 7.12. The lowest BCUT2D eigenvalue weighted by atomic mass is 10.0. The average molecular weight is 397 g/mol. The second-order valence-corrected chi connectivity index (χ2v) is 7.12. The number of hydrogen-bond acceptors (Lipinski definition) is 3. The van der Waals surface area contributed by atoms with E-state index in [2.05, 4.69) is 5.32 Å². The van der Waals surface area contributed by atoms with Gasteiger partial charge in [0.15, 0.2) is 0 Å². The van der Waals surface area contributed by atoms with Crippen molar-refractivity contribution in [1.82, 2.24) is 10.2 Å². The first-order valence-electron chi connectivity index (χ1n) is 10.3. The van der Waals surface area contributed by atoms with Gasteiger partial charge in [-0.15, -0.1) is 0 Å². The summed E-state index contributed by atoms with van der Waals surface area (Å²) in [6.07, 6.45) is 2.50. The summed E-state index contributed by atoms with van der Waals surface area (Å²) >= 11 is 0. The highest BCUT2D eigenvalue weighted by Gasteiger charge is 2.29. The Kier molecular flexibility index (Phi) is 9.22. The van der Waals surface area contributed by atoms with Crippen molar-refractivity contribution in [2.24, 2.45) is 0 Å². The fourth-order valence-corrected chi connectivity index (χ4v) is 3.21. The van der Waals surface area contributed by atoms with Gasteiger partial charge >= 0.3 is 0 Å². The Labute approximate surface area is 174 Å². The summed E-state index contributed by atoms with van der Waals surface area (Å²) in [5.74, 6) is 0.659. The van der Waals surface area contributed by atoms with Crippen molar-refractivity contribution in [2.75, 3.05) is 13.7 Å². The van der Waals surface area contributed by atoms with E-state index in [0.29, 0.717) is 25.9 Å². The number of nitrogens with zero attached hydrogens (tertiary/aromatic N) is 1. The van der Waals surface area contributed by atoms with E-state index < -0.39 is 6.04 Å². The molecule has 2 rings (SSSR count). The third-order valence-corrected chi connectivity index (χ3v) is 4.80. The van der Waals surface area contributed by atoms with Crippen LogP contribution in [0.25, 0.3) is 0 Å². The van der Waals surface area contributed by atoms with Crippen molar-refractivity contribution in [2.45, 2.75) is 52.1 Å². The molecule has 0 fully saturated rings. The lowest BCUT2D eigenvalue weighted by molar-refractivity contribution is -0.141. The zero-order valence-electron chi connectivity index (χ0n) is 17.7. The van der Waals surface area contributed by atoms with Crippen molar-refractivity contribution in [3.63, 3.8) is 0 Å². The van der Waals surface area contributed by atoms with Crippen LogP contribution in [0.5, 0.6) is 5.75 Å². The summed E-state index contributed by atoms with van der Waals surface area (Å²) in [6, 6.07) is 16.9. The minimum atomic E-state index is -0.551. The summed E-state index contributed by atoms with van der Waals surface area (Å²) < 4.78 is 5.22. The van der Waals surface area contributed by atoms with Crippen LogP contribution in [-0.4, -0.2) is 36.4 Å². The SMILES string of the molecule is CCCNC(=O)[C@H](Cc1ccccc1)N(Cc1ccc(OC)cc1)C(=O)CCC. The molecule has 29 heavy (non-hydrogen) atoms. The molecular weight excluding hydrogens is 364 g/mol. The van der Waals surface area contributed by atoms with Crippen LogP contribution in [0.4, 0.5) is 0 Å². The van der Waals surface area contributed by atoms with Crippen LogP contribution >= 0.6 is 0 Å². The number of hydrogen-bond donors (Lipinski definition) is 1. The van der Waals surface area contributed by atoms with E-state index in [1.54, 1.807) is 12.0 Å². The molecule has 1 atom stereocenters. The summed E-state index contributed by atoms with van der Waals surface area (Å²) in [5.41, 5.74) is 2.00. The average Bonchev–Trinajstić information content (AvgIpc) is 2.75. The van der Waals surface area contributed by atoms with Gasteiger partial charge in [0.2, 0.25) is 11.8 Å². The molecule has 0 aliphatic rings. The molecule has 156 valence electrons. The van der Waals surface area contributed by atoms with Gasteiger partial charge in [0.1, 0.15) is 11.8 Å². The monoisotopic (exact) mass is 396 g/mol. The van der Waals surface area contributed by atoms with E-state index >= 15 is 0 Å². The Morgan fingerprint density at radius 2 is 1.66 bits per heavy atom. The molecule has 2 aromatic carbocycles. The molecule has 0 spiro atoms. The summed E-state index contributed by atoms with van der Waals surface area (Å²) in [5, 5.41) is 2.98. The summed E-state index contributed by atoms with van der Waals surface area (Å²) in [6.45, 7) is 4.99. The number of methoxy groups -OCH3 is 1. The van der Waals surface area contributed by atoms with E-state index in [-0.39, 0.29) is 11.8 Å². The quantitative estimate of drug-likeness (QED) is 0.625. The molecule has 0 radical (unpaired) electrons. The van der Waals surface area contributed by atoms with Crippen molar-refractivity contribution < 1.29 is 14.3 Å². The predicted molar refractivity (Wildman–Crippen MR) is 116 cm³/mol. The lowest BCUT2D eigenvalue weighted by Crippen LogP contribution is -2.50. The van der Waals surface area contributed by atoms with Gasteiger partial charge in [-0.1, -0.05) is 56.3 Å². The maximum absolute atomic E-state index is 13.0. The highest BCUT2D eigenvalue weighted by Crippen LogP contribution is 2.18. The molecule has 5 heteroatoms. The number of carbonyl (C=O) groups excluding carboxylic acids is 2. The van der Waals surface area contributed by atoms with Crippen LogP contribution in [0.3, 0.4) is 0 Å². The smallest absolute Gasteiger partial charge is 0.243 e. The van der Waals surface area contributed by atoms with Crippen LogP contribution in [0.1, 0.15) is 44.2 Å². The van der Waals surface area contributed by atoms with Crippen molar-refractivity contribution in [3.8, 4) is 5.75 Å². The number of carbonyl (C=O) groups is 2. The van der Waals surface area contributed by atoms with Gasteiger partial charge < -0.3 is 15.0 Å². The normalized spacial score (nSPS) is 11.6. The molecule has 0 aliphatic heterocycles. The first-order chi connectivity index (χ1) is 14.1. The zero-order chi connectivity index (χ0) is 21.1. The molecule has 5 nitrogen and oxygen atoms in total. The van der Waals surface area contributed by atoms with Gasteiger partial charge in [-0.25, -0.2) is 0 Å². The van der Waals surface area contributed by atoms with Crippen LogP contribution in [0.15, 0.2) is 54.6 Å². The molecule has 2 amide bonds. The minimum absolute atomic E-state index is 0.00380. The third kappa shape index (κ3) is 6.93. The van der Waals surface area contributed by atoms with E-state index in [0.717, 1.165) is 29.7 Å². The Bertz CT molecular complexity index is 759. The summed E-state index contributed by atoms with van der Waals surface area (Å²) in [7, 11) is 1.63. The number of amides is 2. The Balaban J connectivity index is 2.32. The van der Waals surface area contributed by atoms with Crippen molar-refractivity contribution in [1.29, 1.82) is 0 Å². The van der Waals surface area contributed by atoms with E-state index in [9.17, 15) is 9.59 Å². The van der Waals surface area contributed by atoms with Crippen LogP contribution < -0.4 is 10.1 Å². The van der Waals surface area contributed by atoms with E-state index in [1.165, 1.54) is 0 Å². The van der Waals surface area contributed by atoms with Gasteiger partial charge in [-0.3, -0.25) is 9.59 Å². The molecule has 1 N–H and O–H groups in total. The Hall–Kier alpha value is -2.82. The van der Waals surface area contributed by atoms with E-state index in [1.807, 2.05) is 68.4 Å². The first kappa shape index (κ1) is 22.5. The maximum atomic E-state index is 13.0. The van der Waals surface area contributed by atoms with Gasteiger partial charge in [-0.05, 0) is 36.1 Å². The molecule has 0 bridgehead atoms. The highest BCUT2D eigenvalue weighted by molar-refractivity contribution is 5.88. The van der Waals surface area contributed by atoms with Crippen molar-refractivity contribution >= 4 is 11.8 Å². The minimum Gasteiger partial charge on any atom is -0.497 e. The molecule has 0 unspecified atom stereocenters. The van der Waals surface area contributed by atoms with Gasteiger partial charge in [0, 0.05) is 25.9 Å². The standard InChI is InChI=1S/C24H32N2O3/c1-4-9-23(27)26(18-20-12-14-21(29-3)15-13-20)22(24(28)25-16-5-2)17-19-10-7-6-8-11-19/h6-8,10-15,22H,4-5,9,16-18H2,1-3H3,(H,25,28)/t22-/m0/s1. The highest BCUT2D eigenvalue weighted by atomic mass is 16.5. The molecule has 0 aliphatic carbocycles. The number of benzene rings is 2. The zero-order valence-corrected chi connectivity index (χ0v) is 17.7. The second kappa shape index (κ2) is 11.9. The van der Waals surface area contributed by atoms with Crippen LogP contribution in [-0.2, 0) is 22.6 Å². The van der Waals surface area contributed by atoms with E-state index in [4.69, 9.17) is 4.74 Å². The number of nitrogens with one attached hydrogen (secondary N) is 1. The molecular formula is C24H32N2O3. The Morgan fingerprint density at radius 3 is 2.24 bits per heavy atom. The summed E-state index contributed by atoms with van der Waals surface area (Å²) in [4.78, 5) is 27.7. The van der Waals surface area contributed by atoms with Crippen molar-refractivity contribution in [3.05, 3.63) is 65.7 Å². The van der Waals surface area contributed by atoms with Gasteiger partial charge in [-0.2, -0.15) is 0 Å². The largest absolute Gasteiger partial charge is 0.497 e. The van der Waals surface area contributed by atoms with Crippen LogP contribution in [0, 0.1) is 0 Å². The molecule has 2 aromatic rings. The number of rotatable bonds is 11. The van der Waals surface area contributed by atoms with Crippen LogP contribution in [0.2, 0.25) is 0 Å². The topological polar surface area (TPSA) is 58.6 Å².